The second-order valence-corrected chi connectivity index (χ2v) is 6.06. The number of hydrogen-bond acceptors (Lipinski definition) is 5. The molecule has 8 heteroatoms. The number of fused-ring (bicyclic) bond motifs is 1. The Hall–Kier alpha value is -1.70. The Kier molecular flexibility index (Phi) is 4.46. The smallest absolute Gasteiger partial charge is 0.268 e. The van der Waals surface area contributed by atoms with Crippen molar-refractivity contribution in [3.8, 4) is 10.6 Å². The molecule has 0 aliphatic carbocycles. The molecule has 4 N–H and O–H groups in total. The van der Waals surface area contributed by atoms with E-state index >= 15 is 0 Å². The number of halogens is 1. The minimum Gasteiger partial charge on any atom is -0.321 e. The molecular weight excluding hydrogens is 310 g/mol. The van der Waals surface area contributed by atoms with Crippen LogP contribution in [0.25, 0.3) is 20.8 Å². The Labute approximate surface area is 131 Å². The zero-order valence-corrected chi connectivity index (χ0v) is 13.2. The minimum absolute atomic E-state index is 0. The summed E-state index contributed by atoms with van der Waals surface area (Å²) in [5.41, 5.74) is 7.38. The van der Waals surface area contributed by atoms with Crippen molar-refractivity contribution in [2.24, 2.45) is 11.7 Å². The minimum atomic E-state index is -0.277. The van der Waals surface area contributed by atoms with Gasteiger partial charge < -0.3 is 10.7 Å². The molecule has 0 spiro atoms. The number of aromatic amines is 2. The zero-order valence-electron chi connectivity index (χ0n) is 11.6. The maximum atomic E-state index is 12.1. The van der Waals surface area contributed by atoms with Crippen LogP contribution in [-0.2, 0) is 0 Å². The summed E-state index contributed by atoms with van der Waals surface area (Å²) in [6.45, 7) is 4.00. The van der Waals surface area contributed by atoms with Crippen LogP contribution in [0, 0.1) is 5.92 Å². The Balaban J connectivity index is 0.00000161. The second kappa shape index (κ2) is 5.97. The first-order valence-corrected chi connectivity index (χ1v) is 7.17. The highest BCUT2D eigenvalue weighted by atomic mass is 35.5. The normalized spacial score (nSPS) is 12.6. The van der Waals surface area contributed by atoms with Crippen molar-refractivity contribution in [2.45, 2.75) is 19.9 Å². The van der Waals surface area contributed by atoms with Gasteiger partial charge in [0.05, 0.1) is 16.4 Å². The van der Waals surface area contributed by atoms with Crippen LogP contribution < -0.4 is 11.3 Å². The van der Waals surface area contributed by atoms with Crippen LogP contribution in [0.15, 0.2) is 23.1 Å². The molecule has 0 aliphatic rings. The Morgan fingerprint density at radius 3 is 2.76 bits per heavy atom. The molecule has 0 aromatic carbocycles. The molecular formula is C13H16ClN5OS. The summed E-state index contributed by atoms with van der Waals surface area (Å²) in [6.07, 6.45) is 1.75. The van der Waals surface area contributed by atoms with Gasteiger partial charge >= 0.3 is 0 Å². The van der Waals surface area contributed by atoms with Crippen molar-refractivity contribution in [3.63, 3.8) is 0 Å². The van der Waals surface area contributed by atoms with Crippen molar-refractivity contribution in [1.82, 2.24) is 20.2 Å². The first-order valence-electron chi connectivity index (χ1n) is 6.35. The predicted octanol–water partition coefficient (Wildman–Crippen LogP) is 2.45. The fourth-order valence-electron chi connectivity index (χ4n) is 1.96. The lowest BCUT2D eigenvalue weighted by atomic mass is 10.1. The van der Waals surface area contributed by atoms with E-state index in [1.165, 1.54) is 11.3 Å². The number of nitrogens with zero attached hydrogens (tertiary/aromatic N) is 2. The quantitative estimate of drug-likeness (QED) is 0.688. The molecule has 6 nitrogen and oxygen atoms in total. The number of hydrogen-bond donors (Lipinski definition) is 3. The van der Waals surface area contributed by atoms with Crippen LogP contribution >= 0.6 is 23.7 Å². The lowest BCUT2D eigenvalue weighted by Gasteiger charge is -2.13. The van der Waals surface area contributed by atoms with E-state index in [1.54, 1.807) is 6.20 Å². The van der Waals surface area contributed by atoms with Crippen LogP contribution in [0.4, 0.5) is 0 Å². The van der Waals surface area contributed by atoms with Gasteiger partial charge in [-0.2, -0.15) is 5.10 Å². The highest BCUT2D eigenvalue weighted by Crippen LogP contribution is 2.29. The van der Waals surface area contributed by atoms with Crippen LogP contribution in [0.5, 0.6) is 0 Å². The third kappa shape index (κ3) is 2.85. The average Bonchev–Trinajstić information content (AvgIpc) is 3.05. The molecule has 1 atom stereocenters. The van der Waals surface area contributed by atoms with Crippen LogP contribution in [-0.4, -0.2) is 20.2 Å². The van der Waals surface area contributed by atoms with Gasteiger partial charge in [-0.15, -0.1) is 23.7 Å². The summed E-state index contributed by atoms with van der Waals surface area (Å²) < 4.78 is 0.600. The van der Waals surface area contributed by atoms with Crippen molar-refractivity contribution >= 4 is 34.0 Å². The average molecular weight is 326 g/mol. The molecule has 3 aromatic heterocycles. The molecule has 3 heterocycles. The van der Waals surface area contributed by atoms with Crippen molar-refractivity contribution < 1.29 is 0 Å². The molecule has 0 amide bonds. The van der Waals surface area contributed by atoms with Gasteiger partial charge in [0.25, 0.3) is 5.56 Å². The molecule has 21 heavy (non-hydrogen) atoms. The largest absolute Gasteiger partial charge is 0.321 e. The Morgan fingerprint density at radius 2 is 2.14 bits per heavy atom. The first-order chi connectivity index (χ1) is 9.56. The van der Waals surface area contributed by atoms with Gasteiger partial charge in [0.15, 0.2) is 0 Å². The van der Waals surface area contributed by atoms with Crippen LogP contribution in [0.3, 0.4) is 0 Å². The van der Waals surface area contributed by atoms with Crippen LogP contribution in [0.2, 0.25) is 0 Å². The Bertz CT molecular complexity index is 793. The third-order valence-electron chi connectivity index (χ3n) is 3.19. The molecule has 0 aliphatic heterocycles. The lowest BCUT2D eigenvalue weighted by Crippen LogP contribution is -2.23. The number of aromatic nitrogens is 4. The lowest BCUT2D eigenvalue weighted by molar-refractivity contribution is 0.491. The molecule has 0 fully saturated rings. The monoisotopic (exact) mass is 325 g/mol. The number of thiophene rings is 1. The van der Waals surface area contributed by atoms with Crippen LogP contribution in [0.1, 0.15) is 25.7 Å². The molecule has 0 radical (unpaired) electrons. The highest BCUT2D eigenvalue weighted by Gasteiger charge is 2.16. The van der Waals surface area contributed by atoms with E-state index in [-0.39, 0.29) is 29.9 Å². The summed E-state index contributed by atoms with van der Waals surface area (Å²) in [6, 6.07) is 3.46. The van der Waals surface area contributed by atoms with Gasteiger partial charge in [0.2, 0.25) is 0 Å². The highest BCUT2D eigenvalue weighted by molar-refractivity contribution is 7.22. The van der Waals surface area contributed by atoms with E-state index in [4.69, 9.17) is 5.73 Å². The summed E-state index contributed by atoms with van der Waals surface area (Å²) in [7, 11) is 0. The molecule has 0 saturated carbocycles. The van der Waals surface area contributed by atoms with E-state index in [1.807, 2.05) is 26.0 Å². The maximum Gasteiger partial charge on any atom is 0.268 e. The van der Waals surface area contributed by atoms with Gasteiger partial charge in [0.1, 0.15) is 16.2 Å². The molecule has 112 valence electrons. The van der Waals surface area contributed by atoms with E-state index in [0.717, 1.165) is 10.6 Å². The molecule has 1 unspecified atom stereocenters. The second-order valence-electron chi connectivity index (χ2n) is 5.01. The summed E-state index contributed by atoms with van der Waals surface area (Å²) in [5.74, 6) is 0.740. The van der Waals surface area contributed by atoms with E-state index in [9.17, 15) is 4.79 Å². The third-order valence-corrected chi connectivity index (χ3v) is 4.33. The topological polar surface area (TPSA) is 100 Å². The standard InChI is InChI=1S/C13H15N5OS.ClH/c1-6(2)10(14)12-16-8-5-9(7-3-4-15-18-7)20-11(8)13(19)17-12;/h3-6,10H,14H2,1-2H3,(H,15,18)(H,16,17,19);1H. The van der Waals surface area contributed by atoms with Gasteiger partial charge in [-0.3, -0.25) is 9.89 Å². The molecule has 0 bridgehead atoms. The SMILES string of the molecule is CC(C)C(N)c1nc2cc(-c3cc[nH]n3)sc2c(=O)[nH]1.Cl. The number of nitrogens with one attached hydrogen (secondary N) is 2. The number of nitrogens with two attached hydrogens (primary N) is 1. The van der Waals surface area contributed by atoms with E-state index in [2.05, 4.69) is 20.2 Å². The number of H-pyrrole nitrogens is 2. The summed E-state index contributed by atoms with van der Waals surface area (Å²) in [4.78, 5) is 20.3. The molecule has 3 rings (SSSR count). The van der Waals surface area contributed by atoms with E-state index < -0.39 is 0 Å². The number of rotatable bonds is 3. The zero-order chi connectivity index (χ0) is 14.3. The van der Waals surface area contributed by atoms with Gasteiger partial charge in [-0.05, 0) is 18.1 Å². The van der Waals surface area contributed by atoms with Gasteiger partial charge in [0, 0.05) is 6.20 Å². The molecule has 3 aromatic rings. The van der Waals surface area contributed by atoms with Gasteiger partial charge in [-0.1, -0.05) is 13.8 Å². The van der Waals surface area contributed by atoms with E-state index in [0.29, 0.717) is 16.0 Å². The fourth-order valence-corrected chi connectivity index (χ4v) is 2.92. The first kappa shape index (κ1) is 15.7. The summed E-state index contributed by atoms with van der Waals surface area (Å²) in [5, 5.41) is 6.88. The fraction of sp³-hybridized carbons (Fsp3) is 0.308. The van der Waals surface area contributed by atoms with Crippen molar-refractivity contribution in [2.75, 3.05) is 0 Å². The predicted molar refractivity (Wildman–Crippen MR) is 86.8 cm³/mol. The summed E-state index contributed by atoms with van der Waals surface area (Å²) >= 11 is 1.38. The molecule has 0 saturated heterocycles. The van der Waals surface area contributed by atoms with Crippen molar-refractivity contribution in [3.05, 3.63) is 34.5 Å². The Morgan fingerprint density at radius 1 is 1.38 bits per heavy atom. The van der Waals surface area contributed by atoms with Crippen molar-refractivity contribution in [1.29, 1.82) is 0 Å². The van der Waals surface area contributed by atoms with Gasteiger partial charge in [-0.25, -0.2) is 4.98 Å². The maximum absolute atomic E-state index is 12.1.